The molecule has 0 spiro atoms. The fourth-order valence-electron chi connectivity index (χ4n) is 1.10. The standard InChI is InChI=1S/C9H18N4/c1-8(2)4-5-13-7-9(6-10-3)11-12-13/h7-8,10H,4-6H2,1-3H3. The third kappa shape index (κ3) is 3.55. The zero-order valence-electron chi connectivity index (χ0n) is 8.62. The Morgan fingerprint density at radius 3 is 2.92 bits per heavy atom. The second-order valence-electron chi connectivity index (χ2n) is 3.69. The Labute approximate surface area is 79.3 Å². The predicted octanol–water partition coefficient (Wildman–Crippen LogP) is 1.04. The molecular formula is C9H18N4. The fourth-order valence-corrected chi connectivity index (χ4v) is 1.10. The second-order valence-corrected chi connectivity index (χ2v) is 3.69. The molecular weight excluding hydrogens is 164 g/mol. The quantitative estimate of drug-likeness (QED) is 0.740. The number of aryl methyl sites for hydroxylation is 1. The molecule has 0 amide bonds. The highest BCUT2D eigenvalue weighted by molar-refractivity contribution is 4.90. The number of nitrogens with one attached hydrogen (secondary N) is 1. The van der Waals surface area contributed by atoms with Gasteiger partial charge in [-0.15, -0.1) is 5.10 Å². The fraction of sp³-hybridized carbons (Fsp3) is 0.778. The summed E-state index contributed by atoms with van der Waals surface area (Å²) in [7, 11) is 1.91. The molecule has 0 fully saturated rings. The Bertz CT molecular complexity index is 242. The highest BCUT2D eigenvalue weighted by Gasteiger charge is 2.00. The van der Waals surface area contributed by atoms with E-state index in [0.717, 1.165) is 31.1 Å². The van der Waals surface area contributed by atoms with Crippen molar-refractivity contribution in [3.05, 3.63) is 11.9 Å². The highest BCUT2D eigenvalue weighted by Crippen LogP contribution is 2.01. The van der Waals surface area contributed by atoms with E-state index >= 15 is 0 Å². The van der Waals surface area contributed by atoms with Crippen LogP contribution in [0.4, 0.5) is 0 Å². The molecule has 0 bridgehead atoms. The lowest BCUT2D eigenvalue weighted by atomic mass is 10.1. The summed E-state index contributed by atoms with van der Waals surface area (Å²) in [6.07, 6.45) is 3.15. The smallest absolute Gasteiger partial charge is 0.0964 e. The van der Waals surface area contributed by atoms with E-state index in [9.17, 15) is 0 Å². The second kappa shape index (κ2) is 4.97. The number of nitrogens with zero attached hydrogens (tertiary/aromatic N) is 3. The molecule has 4 nitrogen and oxygen atoms in total. The van der Waals surface area contributed by atoms with Crippen molar-refractivity contribution in [3.63, 3.8) is 0 Å². The molecule has 1 aromatic rings. The van der Waals surface area contributed by atoms with Gasteiger partial charge in [0.2, 0.25) is 0 Å². The van der Waals surface area contributed by atoms with Gasteiger partial charge in [-0.1, -0.05) is 19.1 Å². The minimum atomic E-state index is 0.719. The molecule has 1 heterocycles. The molecule has 0 aliphatic carbocycles. The van der Waals surface area contributed by atoms with E-state index in [1.165, 1.54) is 0 Å². The molecule has 74 valence electrons. The van der Waals surface area contributed by atoms with Gasteiger partial charge < -0.3 is 5.32 Å². The van der Waals surface area contributed by atoms with Crippen LogP contribution in [0.25, 0.3) is 0 Å². The first kappa shape index (κ1) is 10.2. The van der Waals surface area contributed by atoms with Crippen molar-refractivity contribution in [2.24, 2.45) is 5.92 Å². The topological polar surface area (TPSA) is 42.7 Å². The van der Waals surface area contributed by atoms with Crippen LogP contribution in [0.2, 0.25) is 0 Å². The van der Waals surface area contributed by atoms with Crippen LogP contribution in [-0.2, 0) is 13.1 Å². The van der Waals surface area contributed by atoms with Crippen molar-refractivity contribution >= 4 is 0 Å². The molecule has 1 rings (SSSR count). The van der Waals surface area contributed by atoms with E-state index in [0.29, 0.717) is 0 Å². The Morgan fingerprint density at radius 1 is 1.54 bits per heavy atom. The zero-order valence-corrected chi connectivity index (χ0v) is 8.62. The maximum absolute atomic E-state index is 4.03. The van der Waals surface area contributed by atoms with E-state index in [-0.39, 0.29) is 0 Å². The minimum Gasteiger partial charge on any atom is -0.314 e. The molecule has 13 heavy (non-hydrogen) atoms. The Balaban J connectivity index is 2.39. The molecule has 0 radical (unpaired) electrons. The number of aromatic nitrogens is 3. The monoisotopic (exact) mass is 182 g/mol. The van der Waals surface area contributed by atoms with E-state index in [1.807, 2.05) is 17.9 Å². The van der Waals surface area contributed by atoms with E-state index in [2.05, 4.69) is 29.5 Å². The van der Waals surface area contributed by atoms with Crippen molar-refractivity contribution in [2.45, 2.75) is 33.4 Å². The van der Waals surface area contributed by atoms with Gasteiger partial charge in [0.1, 0.15) is 0 Å². The van der Waals surface area contributed by atoms with Crippen LogP contribution < -0.4 is 5.32 Å². The van der Waals surface area contributed by atoms with Gasteiger partial charge in [0.15, 0.2) is 0 Å². The van der Waals surface area contributed by atoms with Crippen molar-refractivity contribution in [2.75, 3.05) is 7.05 Å². The first-order chi connectivity index (χ1) is 6.22. The minimum absolute atomic E-state index is 0.719. The predicted molar refractivity (Wildman–Crippen MR) is 52.2 cm³/mol. The molecule has 1 aromatic heterocycles. The molecule has 1 N–H and O–H groups in total. The van der Waals surface area contributed by atoms with Gasteiger partial charge >= 0.3 is 0 Å². The third-order valence-electron chi connectivity index (χ3n) is 1.88. The van der Waals surface area contributed by atoms with Crippen LogP contribution in [-0.4, -0.2) is 22.0 Å². The van der Waals surface area contributed by atoms with Gasteiger partial charge in [-0.25, -0.2) is 0 Å². The lowest BCUT2D eigenvalue weighted by molar-refractivity contribution is 0.478. The molecule has 4 heteroatoms. The van der Waals surface area contributed by atoms with Crippen LogP contribution in [0, 0.1) is 5.92 Å². The summed E-state index contributed by atoms with van der Waals surface area (Å²) in [6.45, 7) is 6.19. The molecule has 0 saturated heterocycles. The highest BCUT2D eigenvalue weighted by atomic mass is 15.4. The van der Waals surface area contributed by atoms with E-state index < -0.39 is 0 Å². The van der Waals surface area contributed by atoms with Crippen LogP contribution >= 0.6 is 0 Å². The van der Waals surface area contributed by atoms with E-state index in [1.54, 1.807) is 0 Å². The molecule has 0 atom stereocenters. The SMILES string of the molecule is CNCc1cn(CCC(C)C)nn1. The maximum Gasteiger partial charge on any atom is 0.0964 e. The summed E-state index contributed by atoms with van der Waals surface area (Å²) in [5, 5.41) is 11.1. The summed E-state index contributed by atoms with van der Waals surface area (Å²) in [5.41, 5.74) is 1.01. The summed E-state index contributed by atoms with van der Waals surface area (Å²) < 4.78 is 1.91. The zero-order chi connectivity index (χ0) is 9.68. The summed E-state index contributed by atoms with van der Waals surface area (Å²) in [4.78, 5) is 0. The molecule has 0 aliphatic heterocycles. The lowest BCUT2D eigenvalue weighted by Gasteiger charge is -2.02. The Hall–Kier alpha value is -0.900. The normalized spacial score (nSPS) is 11.1. The average molecular weight is 182 g/mol. The summed E-state index contributed by atoms with van der Waals surface area (Å²) in [6, 6.07) is 0. The Morgan fingerprint density at radius 2 is 2.31 bits per heavy atom. The number of hydrogen-bond donors (Lipinski definition) is 1. The summed E-state index contributed by atoms with van der Waals surface area (Å²) >= 11 is 0. The van der Waals surface area contributed by atoms with Crippen LogP contribution in [0.15, 0.2) is 6.20 Å². The average Bonchev–Trinajstić information content (AvgIpc) is 2.50. The lowest BCUT2D eigenvalue weighted by Crippen LogP contribution is -2.05. The maximum atomic E-state index is 4.03. The molecule has 0 unspecified atom stereocenters. The Kier molecular flexibility index (Phi) is 3.89. The number of hydrogen-bond acceptors (Lipinski definition) is 3. The van der Waals surface area contributed by atoms with Crippen LogP contribution in [0.1, 0.15) is 26.0 Å². The van der Waals surface area contributed by atoms with Gasteiger partial charge in [-0.3, -0.25) is 4.68 Å². The first-order valence-corrected chi connectivity index (χ1v) is 4.76. The van der Waals surface area contributed by atoms with Crippen molar-refractivity contribution in [1.82, 2.24) is 20.3 Å². The van der Waals surface area contributed by atoms with Crippen LogP contribution in [0.5, 0.6) is 0 Å². The molecule has 0 saturated carbocycles. The summed E-state index contributed by atoms with van der Waals surface area (Å²) in [5.74, 6) is 0.719. The van der Waals surface area contributed by atoms with Gasteiger partial charge in [0, 0.05) is 19.3 Å². The third-order valence-corrected chi connectivity index (χ3v) is 1.88. The van der Waals surface area contributed by atoms with Crippen LogP contribution in [0.3, 0.4) is 0 Å². The number of rotatable bonds is 5. The van der Waals surface area contributed by atoms with Gasteiger partial charge in [-0.2, -0.15) is 0 Å². The largest absolute Gasteiger partial charge is 0.314 e. The van der Waals surface area contributed by atoms with E-state index in [4.69, 9.17) is 0 Å². The van der Waals surface area contributed by atoms with Crippen molar-refractivity contribution in [3.8, 4) is 0 Å². The van der Waals surface area contributed by atoms with Gasteiger partial charge in [0.25, 0.3) is 0 Å². The van der Waals surface area contributed by atoms with Gasteiger partial charge in [0.05, 0.1) is 5.69 Å². The molecule has 0 aromatic carbocycles. The van der Waals surface area contributed by atoms with Gasteiger partial charge in [-0.05, 0) is 19.4 Å². The van der Waals surface area contributed by atoms with Crippen molar-refractivity contribution < 1.29 is 0 Å². The molecule has 0 aliphatic rings. The first-order valence-electron chi connectivity index (χ1n) is 4.76. The van der Waals surface area contributed by atoms with Crippen molar-refractivity contribution in [1.29, 1.82) is 0 Å².